The van der Waals surface area contributed by atoms with Gasteiger partial charge in [0.2, 0.25) is 11.9 Å². The smallest absolute Gasteiger partial charge is 0.293 e. The monoisotopic (exact) mass is 940 g/mol. The molecule has 5 heterocycles. The fraction of sp³-hybridized carbons (Fsp3) is 0.500. The van der Waals surface area contributed by atoms with Gasteiger partial charge >= 0.3 is 0 Å². The van der Waals surface area contributed by atoms with E-state index in [4.69, 9.17) is 26.1 Å². The number of hydrogen-bond donors (Lipinski definition) is 4. The predicted molar refractivity (Wildman–Crippen MR) is 257 cm³/mol. The van der Waals surface area contributed by atoms with Crippen molar-refractivity contribution in [1.82, 2.24) is 35.4 Å². The molecule has 1 unspecified atom stereocenters. The zero-order valence-corrected chi connectivity index (χ0v) is 39.6. The van der Waals surface area contributed by atoms with Crippen LogP contribution in [0.25, 0.3) is 10.9 Å². The van der Waals surface area contributed by atoms with E-state index in [0.717, 1.165) is 66.2 Å². The summed E-state index contributed by atoms with van der Waals surface area (Å²) in [5.74, 6) is -0.500. The lowest BCUT2D eigenvalue weighted by Gasteiger charge is -2.41. The highest BCUT2D eigenvalue weighted by molar-refractivity contribution is 6.33. The Balaban J connectivity index is 0.000000220. The molecule has 3 fully saturated rings. The quantitative estimate of drug-likeness (QED) is 0.0862. The lowest BCUT2D eigenvalue weighted by atomic mass is 9.97. The molecule has 4 N–H and O–H groups in total. The van der Waals surface area contributed by atoms with E-state index >= 15 is 0 Å². The first-order valence-electron chi connectivity index (χ1n) is 23.2. The van der Waals surface area contributed by atoms with Crippen LogP contribution in [0.3, 0.4) is 0 Å². The number of nitrogens with zero attached hydrogens (tertiary/aromatic N) is 6. The Kier molecular flexibility index (Phi) is 16.1. The van der Waals surface area contributed by atoms with Gasteiger partial charge in [0.1, 0.15) is 17.4 Å². The number of hydrogen-bond acceptors (Lipinski definition) is 14. The van der Waals surface area contributed by atoms with Crippen molar-refractivity contribution in [2.75, 3.05) is 69.0 Å². The number of imide groups is 1. The number of pyridine rings is 1. The number of likely N-dealkylation sites (N-methyl/N-ethyl adjacent to an activating group) is 3. The Hall–Kier alpha value is -6.11. The van der Waals surface area contributed by atoms with Crippen LogP contribution in [0.15, 0.2) is 53.5 Å². The molecule has 4 amide bonds. The molecule has 1 aliphatic carbocycles. The van der Waals surface area contributed by atoms with Gasteiger partial charge in [-0.15, -0.1) is 0 Å². The van der Waals surface area contributed by atoms with Gasteiger partial charge in [0.05, 0.1) is 35.0 Å². The number of carbonyl (C=O) groups is 5. The summed E-state index contributed by atoms with van der Waals surface area (Å²) in [6.45, 7) is 6.96. The van der Waals surface area contributed by atoms with Gasteiger partial charge in [-0.1, -0.05) is 30.9 Å². The summed E-state index contributed by atoms with van der Waals surface area (Å²) in [6.07, 6.45) is 11.4. The number of amides is 4. The van der Waals surface area contributed by atoms with Crippen molar-refractivity contribution in [2.45, 2.75) is 102 Å². The number of piperidine rings is 1. The van der Waals surface area contributed by atoms with Crippen LogP contribution >= 0.6 is 11.6 Å². The maximum absolute atomic E-state index is 13.1. The third-order valence-electron chi connectivity index (χ3n) is 12.8. The normalized spacial score (nSPS) is 17.1. The van der Waals surface area contributed by atoms with Crippen LogP contribution in [0, 0.1) is 0 Å². The standard InChI is InChI=1S/C30H39ClN6O4.C18H22N4O4/c1-19(2)37-25-10-9-21(15-20(25)16-26(29(37)39)40-18-27(38)32-3)34-28-24(31)17-33-30(35-28)36-13-11-23(12-14-36)41-22-7-5-4-6-8-22;1-19-11-9-21(10-11)12-5-6-13-14(8-12)18(26)22(17(13)25)15(4-3-7-23)16(24)20-2/h9-10,15-17,19,22-23H,4-8,11-14,18H2,1-3H3,(H,32,38)(H,33,34,35);5-8,11,15,19H,3-4,9-10H2,1-2H3,(H,20,24). The van der Waals surface area contributed by atoms with Crippen molar-refractivity contribution in [2.24, 2.45) is 0 Å². The van der Waals surface area contributed by atoms with E-state index in [0.29, 0.717) is 52.5 Å². The Morgan fingerprint density at radius 3 is 2.27 bits per heavy atom. The Morgan fingerprint density at radius 2 is 1.60 bits per heavy atom. The zero-order valence-electron chi connectivity index (χ0n) is 38.8. The molecule has 2 saturated heterocycles. The number of halogens is 1. The van der Waals surface area contributed by atoms with Gasteiger partial charge in [-0.05, 0) is 95.5 Å². The summed E-state index contributed by atoms with van der Waals surface area (Å²) in [7, 11) is 4.87. The van der Waals surface area contributed by atoms with Crippen LogP contribution in [-0.4, -0.2) is 128 Å². The number of nitrogens with one attached hydrogen (secondary N) is 4. The molecule has 0 radical (unpaired) electrons. The van der Waals surface area contributed by atoms with Gasteiger partial charge in [-0.2, -0.15) is 4.98 Å². The number of anilines is 4. The fourth-order valence-electron chi connectivity index (χ4n) is 9.00. The molecule has 1 atom stereocenters. The number of fused-ring (bicyclic) bond motifs is 2. The minimum atomic E-state index is -0.987. The highest BCUT2D eigenvalue weighted by atomic mass is 35.5. The van der Waals surface area contributed by atoms with Crippen LogP contribution in [0.5, 0.6) is 5.75 Å². The van der Waals surface area contributed by atoms with Crippen LogP contribution in [0.2, 0.25) is 5.02 Å². The third-order valence-corrected chi connectivity index (χ3v) is 13.1. The summed E-state index contributed by atoms with van der Waals surface area (Å²) < 4.78 is 13.6. The molecule has 1 saturated carbocycles. The van der Waals surface area contributed by atoms with Crippen LogP contribution in [0.1, 0.15) is 98.4 Å². The van der Waals surface area contributed by atoms with E-state index in [2.05, 4.69) is 36.1 Å². The topological polar surface area (TPSA) is 209 Å². The highest BCUT2D eigenvalue weighted by Crippen LogP contribution is 2.33. The van der Waals surface area contributed by atoms with E-state index < -0.39 is 23.8 Å². The Labute approximate surface area is 395 Å². The largest absolute Gasteiger partial charge is 0.478 e. The van der Waals surface area contributed by atoms with Crippen molar-refractivity contribution in [3.8, 4) is 5.75 Å². The van der Waals surface area contributed by atoms with Crippen LogP contribution in [-0.2, 0) is 19.1 Å². The second-order valence-electron chi connectivity index (χ2n) is 17.6. The zero-order chi connectivity index (χ0) is 47.8. The molecule has 18 nitrogen and oxygen atoms in total. The second-order valence-corrected chi connectivity index (χ2v) is 18.0. The molecular formula is C48H61ClN10O8. The van der Waals surface area contributed by atoms with Crippen molar-refractivity contribution >= 4 is 75.6 Å². The highest BCUT2D eigenvalue weighted by Gasteiger charge is 2.43. The van der Waals surface area contributed by atoms with Crippen LogP contribution in [0.4, 0.5) is 23.1 Å². The lowest BCUT2D eigenvalue weighted by Crippen LogP contribution is -2.57. The SMILES string of the molecule is CNC(=O)C(CCC=O)N1C(=O)c2ccc(N3CC(NC)C3)cc2C1=O.CNC(=O)COc1cc2cc(Nc3nc(N4CCC(OC5CCCCC5)CC4)ncc3Cl)ccc2n(C(C)C)c1=O. The van der Waals surface area contributed by atoms with Gasteiger partial charge in [-0.25, -0.2) is 4.98 Å². The van der Waals surface area contributed by atoms with Gasteiger partial charge < -0.3 is 49.9 Å². The van der Waals surface area contributed by atoms with E-state index in [1.54, 1.807) is 29.0 Å². The molecule has 4 aromatic rings. The molecule has 2 aromatic heterocycles. The maximum atomic E-state index is 13.1. The van der Waals surface area contributed by atoms with Crippen LogP contribution < -0.4 is 41.4 Å². The Morgan fingerprint density at radius 1 is 0.881 bits per heavy atom. The van der Waals surface area contributed by atoms with Crippen molar-refractivity contribution < 1.29 is 33.4 Å². The summed E-state index contributed by atoms with van der Waals surface area (Å²) in [6, 6.07) is 11.8. The van der Waals surface area contributed by atoms with Gasteiger partial charge in [0, 0.05) is 75.5 Å². The molecule has 0 spiro atoms. The first kappa shape index (κ1) is 48.8. The predicted octanol–water partition coefficient (Wildman–Crippen LogP) is 5.00. The number of carbonyl (C=O) groups excluding carboxylic acids is 5. The van der Waals surface area contributed by atoms with Gasteiger partial charge in [0.15, 0.2) is 18.2 Å². The number of ether oxygens (including phenoxy) is 2. The molecular weight excluding hydrogens is 880 g/mol. The molecule has 2 aromatic carbocycles. The first-order chi connectivity index (χ1) is 32.3. The first-order valence-corrected chi connectivity index (χ1v) is 23.5. The molecule has 19 heteroatoms. The average Bonchev–Trinajstić information content (AvgIpc) is 3.56. The molecule has 4 aliphatic rings. The third kappa shape index (κ3) is 11.2. The number of aldehydes is 1. The van der Waals surface area contributed by atoms with E-state index in [1.165, 1.54) is 46.2 Å². The van der Waals surface area contributed by atoms with Gasteiger partial charge in [-0.3, -0.25) is 28.9 Å². The summed E-state index contributed by atoms with van der Waals surface area (Å²) >= 11 is 6.50. The maximum Gasteiger partial charge on any atom is 0.293 e. The van der Waals surface area contributed by atoms with E-state index in [9.17, 15) is 28.8 Å². The molecule has 8 rings (SSSR count). The minimum Gasteiger partial charge on any atom is -0.478 e. The van der Waals surface area contributed by atoms with Gasteiger partial charge in [0.25, 0.3) is 23.3 Å². The molecule has 67 heavy (non-hydrogen) atoms. The second kappa shape index (κ2) is 22.1. The molecule has 358 valence electrons. The summed E-state index contributed by atoms with van der Waals surface area (Å²) in [5.41, 5.74) is 2.70. The number of aromatic nitrogens is 3. The fourth-order valence-corrected chi connectivity index (χ4v) is 9.14. The minimum absolute atomic E-state index is 0.0932. The lowest BCUT2D eigenvalue weighted by molar-refractivity contribution is -0.125. The van der Waals surface area contributed by atoms with Crippen molar-refractivity contribution in [3.63, 3.8) is 0 Å². The van der Waals surface area contributed by atoms with E-state index in [1.807, 2.05) is 45.2 Å². The summed E-state index contributed by atoms with van der Waals surface area (Å²) in [5, 5.41) is 12.7. The number of rotatable bonds is 16. The van der Waals surface area contributed by atoms with Crippen molar-refractivity contribution in [3.05, 3.63) is 75.2 Å². The molecule has 0 bridgehead atoms. The average molecular weight is 942 g/mol. The summed E-state index contributed by atoms with van der Waals surface area (Å²) in [4.78, 5) is 87.7. The van der Waals surface area contributed by atoms with Crippen molar-refractivity contribution in [1.29, 1.82) is 0 Å². The molecule has 3 aliphatic heterocycles. The number of benzene rings is 2. The van der Waals surface area contributed by atoms with E-state index in [-0.39, 0.29) is 42.7 Å². The Bertz CT molecular complexity index is 2520.